The summed E-state index contributed by atoms with van der Waals surface area (Å²) in [5, 5.41) is 0. The number of aldehydes is 1. The molecule has 1 heteroatoms. The van der Waals surface area contributed by atoms with E-state index in [4.69, 9.17) is 0 Å². The fraction of sp³-hybridized carbons (Fsp3) is 0.0714. The van der Waals surface area contributed by atoms with Crippen LogP contribution in [0.3, 0.4) is 0 Å². The largest absolute Gasteiger partial charge is 0.303 e. The zero-order valence-electron chi connectivity index (χ0n) is 8.54. The predicted molar refractivity (Wildman–Crippen MR) is 62.7 cm³/mol. The van der Waals surface area contributed by atoms with Gasteiger partial charge in [0.05, 0.1) is 0 Å². The molecule has 0 unspecified atom stereocenters. The summed E-state index contributed by atoms with van der Waals surface area (Å²) in [6.45, 7) is 0. The van der Waals surface area contributed by atoms with Crippen LogP contribution < -0.4 is 0 Å². The highest BCUT2D eigenvalue weighted by molar-refractivity contribution is 5.54. The maximum absolute atomic E-state index is 9.97. The summed E-state index contributed by atoms with van der Waals surface area (Å²) in [6.07, 6.45) is 1.44. The molecular formula is C14H14O. The van der Waals surface area contributed by atoms with Crippen LogP contribution in [0.2, 0.25) is 0 Å². The summed E-state index contributed by atoms with van der Waals surface area (Å²) in [6, 6.07) is 21.7. The van der Waals surface area contributed by atoms with E-state index in [-0.39, 0.29) is 0 Å². The zero-order valence-corrected chi connectivity index (χ0v) is 8.54. The van der Waals surface area contributed by atoms with Crippen LogP contribution in [-0.4, -0.2) is 6.29 Å². The van der Waals surface area contributed by atoms with Crippen LogP contribution in [0.25, 0.3) is 0 Å². The summed E-state index contributed by atoms with van der Waals surface area (Å²) in [5.74, 6) is 0. The summed E-state index contributed by atoms with van der Waals surface area (Å²) < 4.78 is 0. The Morgan fingerprint density at radius 3 is 1.53 bits per heavy atom. The first-order chi connectivity index (χ1) is 7.43. The van der Waals surface area contributed by atoms with Gasteiger partial charge in [-0.3, -0.25) is 0 Å². The fourth-order valence-electron chi connectivity index (χ4n) is 1.10. The number of benzene rings is 2. The van der Waals surface area contributed by atoms with Crippen molar-refractivity contribution >= 4 is 6.29 Å². The first-order valence-corrected chi connectivity index (χ1v) is 4.91. The second-order valence-corrected chi connectivity index (χ2v) is 3.01. The first-order valence-electron chi connectivity index (χ1n) is 4.91. The molecule has 0 aliphatic rings. The molecule has 0 aliphatic heterocycles. The minimum atomic E-state index is 0.529. The lowest BCUT2D eigenvalue weighted by atomic mass is 10.2. The molecule has 1 nitrogen and oxygen atoms in total. The van der Waals surface area contributed by atoms with Crippen molar-refractivity contribution in [2.24, 2.45) is 0 Å². The molecule has 0 aliphatic carbocycles. The molecular weight excluding hydrogens is 184 g/mol. The number of carbonyl (C=O) groups excluding carboxylic acids is 1. The Kier molecular flexibility index (Phi) is 5.60. The Morgan fingerprint density at radius 2 is 1.13 bits per heavy atom. The van der Waals surface area contributed by atoms with Gasteiger partial charge >= 0.3 is 0 Å². The molecule has 2 aromatic rings. The van der Waals surface area contributed by atoms with Gasteiger partial charge < -0.3 is 4.79 Å². The SMILES string of the molecule is O=CCc1ccccc1.c1ccccc1. The molecule has 0 fully saturated rings. The Hall–Kier alpha value is -1.89. The van der Waals surface area contributed by atoms with Crippen LogP contribution in [-0.2, 0) is 11.2 Å². The molecule has 0 bridgehead atoms. The molecule has 0 amide bonds. The van der Waals surface area contributed by atoms with Gasteiger partial charge in [-0.15, -0.1) is 0 Å². The zero-order chi connectivity index (χ0) is 10.8. The smallest absolute Gasteiger partial charge is 0.124 e. The van der Waals surface area contributed by atoms with E-state index in [1.165, 1.54) is 0 Å². The van der Waals surface area contributed by atoms with Crippen molar-refractivity contribution in [2.45, 2.75) is 6.42 Å². The minimum absolute atomic E-state index is 0.529. The lowest BCUT2D eigenvalue weighted by Gasteiger charge is -1.89. The van der Waals surface area contributed by atoms with Gasteiger partial charge in [-0.25, -0.2) is 0 Å². The third-order valence-corrected chi connectivity index (χ3v) is 1.83. The molecule has 0 heterocycles. The number of hydrogen-bond donors (Lipinski definition) is 0. The van der Waals surface area contributed by atoms with E-state index in [0.29, 0.717) is 6.42 Å². The van der Waals surface area contributed by atoms with Crippen molar-refractivity contribution in [3.63, 3.8) is 0 Å². The van der Waals surface area contributed by atoms with Crippen molar-refractivity contribution < 1.29 is 4.79 Å². The standard InChI is InChI=1S/C8H8O.C6H6/c9-7-6-8-4-2-1-3-5-8;1-2-4-6-5-3-1/h1-5,7H,6H2;1-6H. The molecule has 0 radical (unpaired) electrons. The third-order valence-electron chi connectivity index (χ3n) is 1.83. The van der Waals surface area contributed by atoms with E-state index >= 15 is 0 Å². The van der Waals surface area contributed by atoms with Crippen LogP contribution in [0.1, 0.15) is 5.56 Å². The Morgan fingerprint density at radius 1 is 0.733 bits per heavy atom. The molecule has 0 atom stereocenters. The van der Waals surface area contributed by atoms with Crippen LogP contribution in [0.15, 0.2) is 66.7 Å². The second-order valence-electron chi connectivity index (χ2n) is 3.01. The van der Waals surface area contributed by atoms with Gasteiger partial charge in [0.15, 0.2) is 0 Å². The normalized spacial score (nSPS) is 8.53. The lowest BCUT2D eigenvalue weighted by Crippen LogP contribution is -1.82. The topological polar surface area (TPSA) is 17.1 Å². The quantitative estimate of drug-likeness (QED) is 0.677. The lowest BCUT2D eigenvalue weighted by molar-refractivity contribution is -0.107. The van der Waals surface area contributed by atoms with Crippen LogP contribution in [0.5, 0.6) is 0 Å². The van der Waals surface area contributed by atoms with E-state index in [9.17, 15) is 4.79 Å². The van der Waals surface area contributed by atoms with Gasteiger partial charge in [-0.05, 0) is 5.56 Å². The van der Waals surface area contributed by atoms with Gasteiger partial charge in [-0.2, -0.15) is 0 Å². The minimum Gasteiger partial charge on any atom is -0.303 e. The highest BCUT2D eigenvalue weighted by atomic mass is 16.1. The van der Waals surface area contributed by atoms with Gasteiger partial charge in [0.25, 0.3) is 0 Å². The van der Waals surface area contributed by atoms with Crippen molar-refractivity contribution in [2.75, 3.05) is 0 Å². The molecule has 0 N–H and O–H groups in total. The van der Waals surface area contributed by atoms with E-state index in [0.717, 1.165) is 11.8 Å². The Bertz CT molecular complexity index is 327. The second kappa shape index (κ2) is 7.51. The van der Waals surface area contributed by atoms with Gasteiger partial charge in [0.2, 0.25) is 0 Å². The highest BCUT2D eigenvalue weighted by Crippen LogP contribution is 1.96. The summed E-state index contributed by atoms with van der Waals surface area (Å²) in [5.41, 5.74) is 1.08. The molecule has 0 saturated carbocycles. The molecule has 0 aromatic heterocycles. The first kappa shape index (κ1) is 11.2. The van der Waals surface area contributed by atoms with Crippen LogP contribution >= 0.6 is 0 Å². The summed E-state index contributed by atoms with van der Waals surface area (Å²) >= 11 is 0. The number of hydrogen-bond acceptors (Lipinski definition) is 1. The number of carbonyl (C=O) groups is 1. The predicted octanol–water partition coefficient (Wildman–Crippen LogP) is 3.11. The molecule has 76 valence electrons. The highest BCUT2D eigenvalue weighted by Gasteiger charge is 1.84. The molecule has 15 heavy (non-hydrogen) atoms. The summed E-state index contributed by atoms with van der Waals surface area (Å²) in [4.78, 5) is 9.97. The average Bonchev–Trinajstić information content (AvgIpc) is 2.34. The molecule has 2 rings (SSSR count). The van der Waals surface area contributed by atoms with Gasteiger partial charge in [0.1, 0.15) is 6.29 Å². The van der Waals surface area contributed by atoms with Crippen molar-refractivity contribution in [3.05, 3.63) is 72.3 Å². The maximum atomic E-state index is 9.97. The Labute approximate surface area is 90.4 Å². The van der Waals surface area contributed by atoms with Crippen molar-refractivity contribution in [3.8, 4) is 0 Å². The van der Waals surface area contributed by atoms with Gasteiger partial charge in [-0.1, -0.05) is 66.7 Å². The Balaban J connectivity index is 0.000000162. The molecule has 2 aromatic carbocycles. The van der Waals surface area contributed by atoms with Gasteiger partial charge in [0, 0.05) is 6.42 Å². The van der Waals surface area contributed by atoms with Crippen molar-refractivity contribution in [1.29, 1.82) is 0 Å². The van der Waals surface area contributed by atoms with Crippen LogP contribution in [0.4, 0.5) is 0 Å². The molecule has 0 saturated heterocycles. The number of rotatable bonds is 2. The summed E-state index contributed by atoms with van der Waals surface area (Å²) in [7, 11) is 0. The monoisotopic (exact) mass is 198 g/mol. The fourth-order valence-corrected chi connectivity index (χ4v) is 1.10. The third kappa shape index (κ3) is 5.42. The van der Waals surface area contributed by atoms with E-state index < -0.39 is 0 Å². The van der Waals surface area contributed by atoms with Crippen molar-refractivity contribution in [1.82, 2.24) is 0 Å². The van der Waals surface area contributed by atoms with E-state index in [1.54, 1.807) is 0 Å². The maximum Gasteiger partial charge on any atom is 0.124 e. The molecule has 0 spiro atoms. The van der Waals surface area contributed by atoms with E-state index in [2.05, 4.69) is 0 Å². The van der Waals surface area contributed by atoms with E-state index in [1.807, 2.05) is 66.7 Å². The average molecular weight is 198 g/mol. The van der Waals surface area contributed by atoms with Crippen LogP contribution in [0, 0.1) is 0 Å².